The molecule has 0 aliphatic carbocycles. The molecule has 29 heavy (non-hydrogen) atoms. The summed E-state index contributed by atoms with van der Waals surface area (Å²) in [5, 5.41) is 12.6. The first-order valence-corrected chi connectivity index (χ1v) is 9.57. The van der Waals surface area contributed by atoms with E-state index in [1.165, 1.54) is 24.3 Å². The van der Waals surface area contributed by atoms with Crippen LogP contribution in [0.15, 0.2) is 54.6 Å². The Hall–Kier alpha value is -2.31. The standard InChI is InChI=1S/C13H10Cl2N2O.C7H4Cl2O2/c1-8-3-2-4-12(16-8)17-13(18)10-6-5-9(14)7-11(10)15;8-4-1-2-5(7(10)11)6(9)3-4/h2-7H,1H3,(H,16,17,18);1-3H,(H,10,11). The number of anilines is 1. The van der Waals surface area contributed by atoms with Crippen molar-refractivity contribution in [3.8, 4) is 0 Å². The van der Waals surface area contributed by atoms with E-state index in [0.29, 0.717) is 26.4 Å². The van der Waals surface area contributed by atoms with Crippen LogP contribution in [0.4, 0.5) is 5.82 Å². The van der Waals surface area contributed by atoms with Gasteiger partial charge in [-0.3, -0.25) is 4.79 Å². The Morgan fingerprint density at radius 1 is 0.862 bits per heavy atom. The molecule has 1 amide bonds. The second-order valence-corrected chi connectivity index (χ2v) is 7.36. The number of aromatic nitrogens is 1. The zero-order valence-corrected chi connectivity index (χ0v) is 17.9. The topological polar surface area (TPSA) is 79.3 Å². The van der Waals surface area contributed by atoms with Gasteiger partial charge in [-0.25, -0.2) is 9.78 Å². The summed E-state index contributed by atoms with van der Waals surface area (Å²) in [7, 11) is 0. The molecule has 0 fully saturated rings. The molecule has 0 radical (unpaired) electrons. The molecule has 3 rings (SSSR count). The molecule has 0 spiro atoms. The normalized spacial score (nSPS) is 9.97. The molecule has 0 aliphatic rings. The Morgan fingerprint density at radius 3 is 1.90 bits per heavy atom. The van der Waals surface area contributed by atoms with E-state index in [9.17, 15) is 9.59 Å². The van der Waals surface area contributed by atoms with Gasteiger partial charge in [0.15, 0.2) is 0 Å². The Balaban J connectivity index is 0.000000234. The second-order valence-electron chi connectivity index (χ2n) is 5.67. The number of nitrogens with zero attached hydrogens (tertiary/aromatic N) is 1. The van der Waals surface area contributed by atoms with Crippen LogP contribution in [0.5, 0.6) is 0 Å². The number of rotatable bonds is 3. The third-order valence-corrected chi connectivity index (χ3v) is 4.56. The highest BCUT2D eigenvalue weighted by molar-refractivity contribution is 6.37. The van der Waals surface area contributed by atoms with Crippen LogP contribution in [-0.2, 0) is 0 Å². The molecule has 2 aromatic carbocycles. The molecule has 0 saturated carbocycles. The van der Waals surface area contributed by atoms with Gasteiger partial charge in [0, 0.05) is 15.7 Å². The van der Waals surface area contributed by atoms with Gasteiger partial charge in [0.05, 0.1) is 21.2 Å². The van der Waals surface area contributed by atoms with Crippen LogP contribution in [0.1, 0.15) is 26.4 Å². The van der Waals surface area contributed by atoms with Gasteiger partial charge in [-0.05, 0) is 55.5 Å². The van der Waals surface area contributed by atoms with Crippen molar-refractivity contribution in [2.45, 2.75) is 6.92 Å². The SMILES string of the molecule is Cc1cccc(NC(=O)c2ccc(Cl)cc2Cl)n1.O=C(O)c1ccc(Cl)cc1Cl. The zero-order chi connectivity index (χ0) is 21.6. The molecule has 0 saturated heterocycles. The van der Waals surface area contributed by atoms with E-state index in [2.05, 4.69) is 10.3 Å². The van der Waals surface area contributed by atoms with Crippen molar-refractivity contribution in [2.75, 3.05) is 5.32 Å². The van der Waals surface area contributed by atoms with Crippen LogP contribution < -0.4 is 5.32 Å². The first-order chi connectivity index (χ1) is 13.7. The number of aromatic carboxylic acids is 1. The lowest BCUT2D eigenvalue weighted by atomic mass is 10.2. The molecule has 0 unspecified atom stereocenters. The molecule has 1 aromatic heterocycles. The summed E-state index contributed by atoms with van der Waals surface area (Å²) >= 11 is 22.8. The van der Waals surface area contributed by atoms with Crippen LogP contribution in [0, 0.1) is 6.92 Å². The third-order valence-electron chi connectivity index (χ3n) is 3.47. The highest BCUT2D eigenvalue weighted by Crippen LogP contribution is 2.22. The Bertz CT molecular complexity index is 1060. The summed E-state index contributed by atoms with van der Waals surface area (Å²) in [6.45, 7) is 1.85. The van der Waals surface area contributed by atoms with E-state index in [1.807, 2.05) is 19.1 Å². The van der Waals surface area contributed by atoms with Crippen molar-refractivity contribution >= 4 is 64.1 Å². The van der Waals surface area contributed by atoms with Gasteiger partial charge in [0.25, 0.3) is 5.91 Å². The Morgan fingerprint density at radius 2 is 1.41 bits per heavy atom. The predicted octanol–water partition coefficient (Wildman–Crippen LogP) is 6.64. The Kier molecular flexibility index (Phi) is 8.29. The summed E-state index contributed by atoms with van der Waals surface area (Å²) < 4.78 is 0. The monoisotopic (exact) mass is 470 g/mol. The maximum absolute atomic E-state index is 12.0. The number of aryl methyl sites for hydroxylation is 1. The molecule has 2 N–H and O–H groups in total. The molecule has 1 heterocycles. The number of nitrogens with one attached hydrogen (secondary N) is 1. The molecular formula is C20H14Cl4N2O3. The fourth-order valence-electron chi connectivity index (χ4n) is 2.13. The lowest BCUT2D eigenvalue weighted by molar-refractivity contribution is 0.0697. The maximum Gasteiger partial charge on any atom is 0.337 e. The third kappa shape index (κ3) is 6.91. The number of benzene rings is 2. The number of pyridine rings is 1. The smallest absolute Gasteiger partial charge is 0.337 e. The minimum absolute atomic E-state index is 0.0658. The number of carboxylic acid groups (broad SMARTS) is 1. The summed E-state index contributed by atoms with van der Waals surface area (Å²) in [6, 6.07) is 14.4. The van der Waals surface area contributed by atoms with Crippen molar-refractivity contribution in [1.29, 1.82) is 0 Å². The minimum Gasteiger partial charge on any atom is -0.478 e. The summed E-state index contributed by atoms with van der Waals surface area (Å²) in [5.74, 6) is -0.868. The first-order valence-electron chi connectivity index (χ1n) is 8.06. The van der Waals surface area contributed by atoms with Crippen LogP contribution in [0.25, 0.3) is 0 Å². The highest BCUT2D eigenvalue weighted by Gasteiger charge is 2.11. The molecule has 0 bridgehead atoms. The van der Waals surface area contributed by atoms with Gasteiger partial charge in [-0.2, -0.15) is 0 Å². The van der Waals surface area contributed by atoms with E-state index in [4.69, 9.17) is 51.5 Å². The molecule has 0 aliphatic heterocycles. The first kappa shape index (κ1) is 23.0. The average molecular weight is 472 g/mol. The number of halogens is 4. The van der Waals surface area contributed by atoms with Crippen molar-refractivity contribution in [2.24, 2.45) is 0 Å². The number of carbonyl (C=O) groups is 2. The number of carbonyl (C=O) groups excluding carboxylic acids is 1. The number of carboxylic acids is 1. The second kappa shape index (κ2) is 10.5. The van der Waals surface area contributed by atoms with Crippen LogP contribution >= 0.6 is 46.4 Å². The molecule has 150 valence electrons. The summed E-state index contributed by atoms with van der Waals surface area (Å²) in [4.78, 5) is 26.6. The highest BCUT2D eigenvalue weighted by atomic mass is 35.5. The largest absolute Gasteiger partial charge is 0.478 e. The van der Waals surface area contributed by atoms with Crippen LogP contribution in [-0.4, -0.2) is 22.0 Å². The van der Waals surface area contributed by atoms with Gasteiger partial charge < -0.3 is 10.4 Å². The molecular weight excluding hydrogens is 458 g/mol. The average Bonchev–Trinajstić information content (AvgIpc) is 2.61. The van der Waals surface area contributed by atoms with E-state index in [0.717, 1.165) is 5.69 Å². The van der Waals surface area contributed by atoms with Crippen LogP contribution in [0.3, 0.4) is 0 Å². The van der Waals surface area contributed by atoms with Crippen molar-refractivity contribution in [1.82, 2.24) is 4.98 Å². The van der Waals surface area contributed by atoms with E-state index < -0.39 is 5.97 Å². The van der Waals surface area contributed by atoms with E-state index >= 15 is 0 Å². The fraction of sp³-hybridized carbons (Fsp3) is 0.0500. The predicted molar refractivity (Wildman–Crippen MR) is 117 cm³/mol. The van der Waals surface area contributed by atoms with Gasteiger partial charge in [0.2, 0.25) is 0 Å². The number of amides is 1. The van der Waals surface area contributed by atoms with Gasteiger partial charge in [-0.1, -0.05) is 52.5 Å². The van der Waals surface area contributed by atoms with E-state index in [1.54, 1.807) is 18.2 Å². The van der Waals surface area contributed by atoms with Crippen LogP contribution in [0.2, 0.25) is 20.1 Å². The molecule has 9 heteroatoms. The summed E-state index contributed by atoms with van der Waals surface area (Å²) in [6.07, 6.45) is 0. The zero-order valence-electron chi connectivity index (χ0n) is 14.9. The minimum atomic E-state index is -1.05. The maximum atomic E-state index is 12.0. The Labute approximate surface area is 187 Å². The lowest BCUT2D eigenvalue weighted by Crippen LogP contribution is -2.13. The van der Waals surface area contributed by atoms with Crippen molar-refractivity contribution in [3.63, 3.8) is 0 Å². The van der Waals surface area contributed by atoms with Crippen molar-refractivity contribution in [3.05, 3.63) is 91.5 Å². The van der Waals surface area contributed by atoms with Gasteiger partial charge in [-0.15, -0.1) is 0 Å². The quantitative estimate of drug-likeness (QED) is 0.448. The number of hydrogen-bond donors (Lipinski definition) is 2. The lowest BCUT2D eigenvalue weighted by Gasteiger charge is -2.06. The van der Waals surface area contributed by atoms with Gasteiger partial charge >= 0.3 is 5.97 Å². The molecule has 3 aromatic rings. The summed E-state index contributed by atoms with van der Waals surface area (Å²) in [5.41, 5.74) is 1.26. The number of hydrogen-bond acceptors (Lipinski definition) is 3. The molecule has 5 nitrogen and oxygen atoms in total. The fourth-order valence-corrected chi connectivity index (χ4v) is 3.12. The van der Waals surface area contributed by atoms with E-state index in [-0.39, 0.29) is 16.5 Å². The van der Waals surface area contributed by atoms with Gasteiger partial charge in [0.1, 0.15) is 5.82 Å². The molecule has 0 atom stereocenters. The van der Waals surface area contributed by atoms with Crippen molar-refractivity contribution < 1.29 is 14.7 Å².